The van der Waals surface area contributed by atoms with Crippen molar-refractivity contribution in [1.29, 1.82) is 0 Å². The molecule has 3 atom stereocenters. The van der Waals surface area contributed by atoms with E-state index in [1.165, 1.54) is 5.57 Å². The molecule has 2 N–H and O–H groups in total. The van der Waals surface area contributed by atoms with E-state index in [-0.39, 0.29) is 17.9 Å². The van der Waals surface area contributed by atoms with Crippen molar-refractivity contribution in [2.24, 2.45) is 16.6 Å². The smallest absolute Gasteiger partial charge is 0.254 e. The van der Waals surface area contributed by atoms with Crippen LogP contribution in [0.2, 0.25) is 0 Å². The zero-order valence-corrected chi connectivity index (χ0v) is 23.0. The molecule has 40 heavy (non-hydrogen) atoms. The normalized spacial score (nSPS) is 22.9. The van der Waals surface area contributed by atoms with Gasteiger partial charge in [-0.2, -0.15) is 0 Å². The van der Waals surface area contributed by atoms with Crippen molar-refractivity contribution < 1.29 is 9.53 Å². The van der Waals surface area contributed by atoms with E-state index in [9.17, 15) is 4.79 Å². The highest BCUT2D eigenvalue weighted by Crippen LogP contribution is 2.53. The molecular formula is C34H36N4O2. The molecule has 3 unspecified atom stereocenters. The maximum atomic E-state index is 13.4. The van der Waals surface area contributed by atoms with E-state index in [0.717, 1.165) is 54.5 Å². The molecule has 0 fully saturated rings. The number of aliphatic imine (C=N–C) groups is 1. The first kappa shape index (κ1) is 26.1. The Labute approximate surface area is 236 Å². The van der Waals surface area contributed by atoms with E-state index < -0.39 is 5.54 Å². The minimum atomic E-state index is -0.571. The highest BCUT2D eigenvalue weighted by molar-refractivity contribution is 5.94. The Bertz CT molecular complexity index is 1480. The SMILES string of the molecule is CCN(Cc1ccncc1)C(=O)c1cccc(CCC2CC3Oc4ccccc4C3(C3=CCCC=C3)N=C2N)c1. The Hall–Kier alpha value is -4.19. The number of para-hydroxylation sites is 1. The number of fused-ring (bicyclic) bond motifs is 3. The Morgan fingerprint density at radius 2 is 1.93 bits per heavy atom. The minimum absolute atomic E-state index is 0.0376. The number of aryl methyl sites for hydroxylation is 1. The van der Waals surface area contributed by atoms with E-state index in [4.69, 9.17) is 15.5 Å². The molecule has 1 amide bonds. The van der Waals surface area contributed by atoms with Crippen LogP contribution in [0.1, 0.15) is 59.7 Å². The molecule has 3 aliphatic rings. The van der Waals surface area contributed by atoms with Gasteiger partial charge in [-0.25, -0.2) is 0 Å². The molecule has 2 aliphatic heterocycles. The number of hydrogen-bond donors (Lipinski definition) is 1. The van der Waals surface area contributed by atoms with Crippen molar-refractivity contribution in [3.05, 3.63) is 119 Å². The number of amides is 1. The number of nitrogens with two attached hydrogens (primary N) is 1. The number of ether oxygens (including phenoxy) is 1. The van der Waals surface area contributed by atoms with E-state index in [2.05, 4.69) is 41.4 Å². The summed E-state index contributed by atoms with van der Waals surface area (Å²) in [5, 5.41) is 0. The maximum Gasteiger partial charge on any atom is 0.254 e. The zero-order valence-electron chi connectivity index (χ0n) is 23.0. The molecule has 2 aromatic carbocycles. The molecular weight excluding hydrogens is 496 g/mol. The number of amidine groups is 1. The van der Waals surface area contributed by atoms with Gasteiger partial charge in [-0.05, 0) is 86.1 Å². The summed E-state index contributed by atoms with van der Waals surface area (Å²) in [5.74, 6) is 1.75. The molecule has 204 valence electrons. The molecule has 0 saturated heterocycles. The second-order valence-electron chi connectivity index (χ2n) is 10.9. The van der Waals surface area contributed by atoms with E-state index >= 15 is 0 Å². The molecule has 0 spiro atoms. The quantitative estimate of drug-likeness (QED) is 0.387. The summed E-state index contributed by atoms with van der Waals surface area (Å²) in [6.45, 7) is 3.21. The number of hydrogen-bond acceptors (Lipinski definition) is 5. The summed E-state index contributed by atoms with van der Waals surface area (Å²) < 4.78 is 6.54. The second kappa shape index (κ2) is 11.1. The van der Waals surface area contributed by atoms with E-state index in [0.29, 0.717) is 24.5 Å². The Kier molecular flexibility index (Phi) is 7.25. The maximum absolute atomic E-state index is 13.4. The molecule has 1 aliphatic carbocycles. The monoisotopic (exact) mass is 532 g/mol. The van der Waals surface area contributed by atoms with Gasteiger partial charge in [0, 0.05) is 42.5 Å². The third-order valence-electron chi connectivity index (χ3n) is 8.44. The average molecular weight is 533 g/mol. The van der Waals surface area contributed by atoms with Gasteiger partial charge >= 0.3 is 0 Å². The highest BCUT2D eigenvalue weighted by Gasteiger charge is 2.54. The lowest BCUT2D eigenvalue weighted by Crippen LogP contribution is -2.47. The molecule has 3 aromatic rings. The number of carbonyl (C=O) groups excluding carboxylic acids is 1. The Morgan fingerprint density at radius 1 is 1.07 bits per heavy atom. The standard InChI is InChI=1S/C34H36N4O2/c1-2-38(23-25-17-19-36-20-18-25)33(39)27-10-8-9-24(21-27)15-16-26-22-31-34(37-32(26)35,28-11-4-3-5-12-28)29-13-6-7-14-30(29)40-31/h4,6-14,17-21,26,31H,2-3,5,15-16,22-23H2,1H3,(H2,35,37). The molecule has 0 bridgehead atoms. The topological polar surface area (TPSA) is 80.8 Å². The fraction of sp³-hybridized carbons (Fsp3) is 0.324. The first-order valence-electron chi connectivity index (χ1n) is 14.3. The van der Waals surface area contributed by atoms with Crippen LogP contribution in [0.25, 0.3) is 0 Å². The summed E-state index contributed by atoms with van der Waals surface area (Å²) in [4.78, 5) is 24.5. The lowest BCUT2D eigenvalue weighted by molar-refractivity contribution is 0.0752. The number of benzene rings is 2. The second-order valence-corrected chi connectivity index (χ2v) is 10.9. The fourth-order valence-electron chi connectivity index (χ4n) is 6.31. The van der Waals surface area contributed by atoms with Crippen LogP contribution in [-0.4, -0.2) is 34.3 Å². The van der Waals surface area contributed by atoms with Crippen LogP contribution in [-0.2, 0) is 18.5 Å². The Morgan fingerprint density at radius 3 is 2.73 bits per heavy atom. The number of allylic oxidation sites excluding steroid dienone is 2. The average Bonchev–Trinajstić information content (AvgIpc) is 3.33. The predicted molar refractivity (Wildman–Crippen MR) is 158 cm³/mol. The van der Waals surface area contributed by atoms with Gasteiger partial charge in [0.05, 0.1) is 5.84 Å². The zero-order chi connectivity index (χ0) is 27.5. The molecule has 0 radical (unpaired) electrons. The number of rotatable bonds is 8. The van der Waals surface area contributed by atoms with Crippen molar-refractivity contribution in [1.82, 2.24) is 9.88 Å². The summed E-state index contributed by atoms with van der Waals surface area (Å²) in [5.41, 5.74) is 11.4. The van der Waals surface area contributed by atoms with Crippen LogP contribution in [0.5, 0.6) is 5.75 Å². The van der Waals surface area contributed by atoms with Gasteiger partial charge in [-0.15, -0.1) is 0 Å². The summed E-state index contributed by atoms with van der Waals surface area (Å²) in [7, 11) is 0. The van der Waals surface area contributed by atoms with Crippen LogP contribution in [0, 0.1) is 5.92 Å². The van der Waals surface area contributed by atoms with E-state index in [1.807, 2.05) is 54.3 Å². The molecule has 6 nitrogen and oxygen atoms in total. The van der Waals surface area contributed by atoms with Crippen LogP contribution >= 0.6 is 0 Å². The van der Waals surface area contributed by atoms with E-state index in [1.54, 1.807) is 12.4 Å². The molecule has 1 aromatic heterocycles. The number of aromatic nitrogens is 1. The third kappa shape index (κ3) is 4.83. The lowest BCUT2D eigenvalue weighted by Gasteiger charge is -2.39. The van der Waals surface area contributed by atoms with Crippen LogP contribution < -0.4 is 10.5 Å². The van der Waals surface area contributed by atoms with Gasteiger partial charge in [-0.3, -0.25) is 14.8 Å². The van der Waals surface area contributed by atoms with Gasteiger partial charge < -0.3 is 15.4 Å². The summed E-state index contributed by atoms with van der Waals surface area (Å²) in [6, 6.07) is 20.1. The van der Waals surface area contributed by atoms with Crippen molar-refractivity contribution in [3.63, 3.8) is 0 Å². The summed E-state index contributed by atoms with van der Waals surface area (Å²) in [6.07, 6.45) is 14.7. The van der Waals surface area contributed by atoms with Gasteiger partial charge in [-0.1, -0.05) is 48.6 Å². The minimum Gasteiger partial charge on any atom is -0.487 e. The predicted octanol–water partition coefficient (Wildman–Crippen LogP) is 5.99. The van der Waals surface area contributed by atoms with Gasteiger partial charge in [0.2, 0.25) is 0 Å². The largest absolute Gasteiger partial charge is 0.487 e. The highest BCUT2D eigenvalue weighted by atomic mass is 16.5. The lowest BCUT2D eigenvalue weighted by atomic mass is 9.72. The van der Waals surface area contributed by atoms with Gasteiger partial charge in [0.15, 0.2) is 5.54 Å². The van der Waals surface area contributed by atoms with Gasteiger partial charge in [0.25, 0.3) is 5.91 Å². The number of pyridine rings is 1. The summed E-state index contributed by atoms with van der Waals surface area (Å²) >= 11 is 0. The molecule has 6 heteroatoms. The molecule has 3 heterocycles. The number of nitrogens with zero attached hydrogens (tertiary/aromatic N) is 3. The van der Waals surface area contributed by atoms with Crippen molar-refractivity contribution in [3.8, 4) is 5.75 Å². The fourth-order valence-corrected chi connectivity index (χ4v) is 6.31. The van der Waals surface area contributed by atoms with Crippen LogP contribution in [0.3, 0.4) is 0 Å². The first-order valence-corrected chi connectivity index (χ1v) is 14.3. The first-order chi connectivity index (χ1) is 19.6. The van der Waals surface area contributed by atoms with Crippen LogP contribution in [0.15, 0.2) is 102 Å². The third-order valence-corrected chi connectivity index (χ3v) is 8.44. The van der Waals surface area contributed by atoms with Gasteiger partial charge in [0.1, 0.15) is 11.9 Å². The van der Waals surface area contributed by atoms with Crippen molar-refractivity contribution in [2.45, 2.75) is 57.2 Å². The van der Waals surface area contributed by atoms with Crippen molar-refractivity contribution >= 4 is 11.7 Å². The van der Waals surface area contributed by atoms with Crippen LogP contribution in [0.4, 0.5) is 0 Å². The van der Waals surface area contributed by atoms with Crippen molar-refractivity contribution in [2.75, 3.05) is 6.54 Å². The molecule has 0 saturated carbocycles. The number of carbonyl (C=O) groups is 1. The molecule has 6 rings (SSSR count). The Balaban J connectivity index is 1.19.